The molecule has 2 fully saturated rings. The van der Waals surface area contributed by atoms with Gasteiger partial charge in [0.2, 0.25) is 5.91 Å². The number of hydrogen-bond acceptors (Lipinski definition) is 3. The minimum atomic E-state index is 0.185. The van der Waals surface area contributed by atoms with Gasteiger partial charge in [0.1, 0.15) is 0 Å². The van der Waals surface area contributed by atoms with Gasteiger partial charge in [0, 0.05) is 32.2 Å². The van der Waals surface area contributed by atoms with Gasteiger partial charge in [0.15, 0.2) is 0 Å². The van der Waals surface area contributed by atoms with Crippen LogP contribution in [0.1, 0.15) is 38.5 Å². The number of rotatable bonds is 7. The second kappa shape index (κ2) is 6.97. The second-order valence-electron chi connectivity index (χ2n) is 5.22. The van der Waals surface area contributed by atoms with E-state index in [0.29, 0.717) is 12.5 Å². The van der Waals surface area contributed by atoms with Crippen molar-refractivity contribution in [2.24, 2.45) is 5.92 Å². The average molecular weight is 240 g/mol. The van der Waals surface area contributed by atoms with E-state index in [1.165, 1.54) is 12.8 Å². The molecule has 4 nitrogen and oxygen atoms in total. The summed E-state index contributed by atoms with van der Waals surface area (Å²) >= 11 is 0. The summed E-state index contributed by atoms with van der Waals surface area (Å²) < 4.78 is 5.57. The van der Waals surface area contributed by atoms with Gasteiger partial charge in [-0.05, 0) is 44.6 Å². The molecular weight excluding hydrogens is 216 g/mol. The fourth-order valence-corrected chi connectivity index (χ4v) is 2.16. The number of amides is 1. The lowest BCUT2D eigenvalue weighted by Crippen LogP contribution is -2.33. The number of ether oxygens (including phenoxy) is 1. The van der Waals surface area contributed by atoms with Crippen LogP contribution in [0, 0.1) is 5.92 Å². The fourth-order valence-electron chi connectivity index (χ4n) is 2.16. The first-order chi connectivity index (χ1) is 8.34. The minimum absolute atomic E-state index is 0.185. The van der Waals surface area contributed by atoms with E-state index in [4.69, 9.17) is 4.74 Å². The van der Waals surface area contributed by atoms with Gasteiger partial charge in [-0.1, -0.05) is 0 Å². The standard InChI is InChI=1S/C13H24N2O2/c16-13-9-12(3-1-6-15-13)14-7-2-8-17-10-11-4-5-11/h11-12,14H,1-10H2,(H,15,16). The molecule has 2 rings (SSSR count). The third-order valence-electron chi connectivity index (χ3n) is 3.43. The highest BCUT2D eigenvalue weighted by atomic mass is 16.5. The molecule has 1 amide bonds. The van der Waals surface area contributed by atoms with Gasteiger partial charge in [-0.3, -0.25) is 4.79 Å². The molecule has 1 atom stereocenters. The first kappa shape index (κ1) is 12.8. The zero-order chi connectivity index (χ0) is 11.9. The van der Waals surface area contributed by atoms with Crippen LogP contribution in [0.2, 0.25) is 0 Å². The highest BCUT2D eigenvalue weighted by Crippen LogP contribution is 2.28. The van der Waals surface area contributed by atoms with Crippen LogP contribution in [0.25, 0.3) is 0 Å². The molecule has 0 spiro atoms. The summed E-state index contributed by atoms with van der Waals surface area (Å²) in [6, 6.07) is 0.362. The Morgan fingerprint density at radius 1 is 1.35 bits per heavy atom. The molecule has 1 aliphatic carbocycles. The molecule has 0 aromatic carbocycles. The van der Waals surface area contributed by atoms with E-state index in [1.807, 2.05) is 0 Å². The normalized spacial score (nSPS) is 25.4. The van der Waals surface area contributed by atoms with Crippen LogP contribution in [0.15, 0.2) is 0 Å². The quantitative estimate of drug-likeness (QED) is 0.654. The van der Waals surface area contributed by atoms with Gasteiger partial charge in [-0.15, -0.1) is 0 Å². The molecule has 1 aliphatic heterocycles. The lowest BCUT2D eigenvalue weighted by Gasteiger charge is -2.14. The molecule has 1 saturated heterocycles. The summed E-state index contributed by atoms with van der Waals surface area (Å²) in [5.74, 6) is 1.04. The van der Waals surface area contributed by atoms with Crippen LogP contribution in [0.3, 0.4) is 0 Å². The molecule has 0 aromatic heterocycles. The molecular formula is C13H24N2O2. The largest absolute Gasteiger partial charge is 0.381 e. The van der Waals surface area contributed by atoms with Crippen LogP contribution < -0.4 is 10.6 Å². The van der Waals surface area contributed by atoms with E-state index in [1.54, 1.807) is 0 Å². The first-order valence-electron chi connectivity index (χ1n) is 6.92. The topological polar surface area (TPSA) is 50.4 Å². The van der Waals surface area contributed by atoms with Crippen LogP contribution in [0.5, 0.6) is 0 Å². The van der Waals surface area contributed by atoms with E-state index >= 15 is 0 Å². The van der Waals surface area contributed by atoms with Crippen LogP contribution in [0.4, 0.5) is 0 Å². The van der Waals surface area contributed by atoms with Crippen molar-refractivity contribution in [3.63, 3.8) is 0 Å². The number of carbonyl (C=O) groups excluding carboxylic acids is 1. The maximum atomic E-state index is 11.3. The van der Waals surface area contributed by atoms with Crippen molar-refractivity contribution < 1.29 is 9.53 Å². The van der Waals surface area contributed by atoms with Crippen molar-refractivity contribution in [2.45, 2.75) is 44.6 Å². The average Bonchev–Trinajstić information content (AvgIpc) is 3.12. The van der Waals surface area contributed by atoms with Crippen molar-refractivity contribution >= 4 is 5.91 Å². The van der Waals surface area contributed by atoms with Gasteiger partial charge in [0.25, 0.3) is 0 Å². The molecule has 0 aromatic rings. The zero-order valence-electron chi connectivity index (χ0n) is 10.5. The van der Waals surface area contributed by atoms with Gasteiger partial charge in [0.05, 0.1) is 0 Å². The Labute approximate surface area is 103 Å². The number of hydrogen-bond donors (Lipinski definition) is 2. The lowest BCUT2D eigenvalue weighted by molar-refractivity contribution is -0.121. The van der Waals surface area contributed by atoms with E-state index in [0.717, 1.165) is 51.5 Å². The molecule has 1 heterocycles. The Kier molecular flexibility index (Phi) is 5.26. The zero-order valence-corrected chi connectivity index (χ0v) is 10.5. The molecule has 4 heteroatoms. The van der Waals surface area contributed by atoms with Crippen molar-refractivity contribution in [3.8, 4) is 0 Å². The van der Waals surface area contributed by atoms with Crippen LogP contribution in [-0.4, -0.2) is 38.3 Å². The van der Waals surface area contributed by atoms with Crippen molar-refractivity contribution in [3.05, 3.63) is 0 Å². The Balaban J connectivity index is 1.46. The third kappa shape index (κ3) is 5.50. The monoisotopic (exact) mass is 240 g/mol. The van der Waals surface area contributed by atoms with E-state index < -0.39 is 0 Å². The van der Waals surface area contributed by atoms with E-state index in [-0.39, 0.29) is 5.91 Å². The smallest absolute Gasteiger partial charge is 0.221 e. The summed E-state index contributed by atoms with van der Waals surface area (Å²) in [6.45, 7) is 3.60. The molecule has 17 heavy (non-hydrogen) atoms. The van der Waals surface area contributed by atoms with Crippen LogP contribution in [-0.2, 0) is 9.53 Å². The summed E-state index contributed by atoms with van der Waals surface area (Å²) in [5.41, 5.74) is 0. The van der Waals surface area contributed by atoms with E-state index in [2.05, 4.69) is 10.6 Å². The van der Waals surface area contributed by atoms with Gasteiger partial charge < -0.3 is 15.4 Å². The summed E-state index contributed by atoms with van der Waals surface area (Å²) in [5, 5.41) is 6.36. The highest BCUT2D eigenvalue weighted by Gasteiger charge is 2.21. The molecule has 2 aliphatic rings. The van der Waals surface area contributed by atoms with Crippen LogP contribution >= 0.6 is 0 Å². The fraction of sp³-hybridized carbons (Fsp3) is 0.923. The number of nitrogens with one attached hydrogen (secondary N) is 2. The summed E-state index contributed by atoms with van der Waals surface area (Å²) in [4.78, 5) is 11.3. The second-order valence-corrected chi connectivity index (χ2v) is 5.22. The van der Waals surface area contributed by atoms with Crippen molar-refractivity contribution in [1.29, 1.82) is 0 Å². The maximum Gasteiger partial charge on any atom is 0.221 e. The molecule has 1 unspecified atom stereocenters. The molecule has 0 bridgehead atoms. The third-order valence-corrected chi connectivity index (χ3v) is 3.43. The molecule has 98 valence electrons. The summed E-state index contributed by atoms with van der Waals surface area (Å²) in [7, 11) is 0. The first-order valence-corrected chi connectivity index (χ1v) is 6.92. The predicted molar refractivity (Wildman–Crippen MR) is 66.8 cm³/mol. The molecule has 2 N–H and O–H groups in total. The van der Waals surface area contributed by atoms with Gasteiger partial charge >= 0.3 is 0 Å². The SMILES string of the molecule is O=C1CC(NCCCOCC2CC2)CCCN1. The Hall–Kier alpha value is -0.610. The predicted octanol–water partition coefficient (Wildman–Crippen LogP) is 1.06. The molecule has 1 saturated carbocycles. The lowest BCUT2D eigenvalue weighted by atomic mass is 10.1. The Morgan fingerprint density at radius 2 is 2.24 bits per heavy atom. The van der Waals surface area contributed by atoms with E-state index in [9.17, 15) is 4.79 Å². The van der Waals surface area contributed by atoms with Gasteiger partial charge in [-0.25, -0.2) is 0 Å². The van der Waals surface area contributed by atoms with Gasteiger partial charge in [-0.2, -0.15) is 0 Å². The molecule has 0 radical (unpaired) electrons. The summed E-state index contributed by atoms with van der Waals surface area (Å²) in [6.07, 6.45) is 6.57. The number of carbonyl (C=O) groups is 1. The maximum absolute atomic E-state index is 11.3. The van der Waals surface area contributed by atoms with Crippen molar-refractivity contribution in [1.82, 2.24) is 10.6 Å². The minimum Gasteiger partial charge on any atom is -0.381 e. The van der Waals surface area contributed by atoms with Crippen molar-refractivity contribution in [2.75, 3.05) is 26.3 Å². The Morgan fingerprint density at radius 3 is 3.06 bits per heavy atom. The Bertz CT molecular complexity index is 242. The highest BCUT2D eigenvalue weighted by molar-refractivity contribution is 5.76.